The van der Waals surface area contributed by atoms with Crippen molar-refractivity contribution < 1.29 is 0 Å². The molecule has 0 unspecified atom stereocenters. The fourth-order valence-electron chi connectivity index (χ4n) is 6.53. The summed E-state index contributed by atoms with van der Waals surface area (Å²) in [6.45, 7) is 0. The molecule has 0 aliphatic heterocycles. The van der Waals surface area contributed by atoms with Crippen molar-refractivity contribution in [1.29, 1.82) is 0 Å². The van der Waals surface area contributed by atoms with Gasteiger partial charge in [0.1, 0.15) is 5.65 Å². The summed E-state index contributed by atoms with van der Waals surface area (Å²) in [5, 5.41) is 2.17. The monoisotopic (exact) mass is 446 g/mol. The molecule has 0 fully saturated rings. The van der Waals surface area contributed by atoms with Crippen LogP contribution in [0.2, 0.25) is 0 Å². The minimum absolute atomic E-state index is 0.946. The number of pyridine rings is 3. The Hall–Kier alpha value is -4.57. The zero-order valence-electron chi connectivity index (χ0n) is 18.8. The highest BCUT2D eigenvalue weighted by atomic mass is 15.0. The van der Waals surface area contributed by atoms with Gasteiger partial charge in [-0.1, -0.05) is 42.5 Å². The third-order valence-corrected chi connectivity index (χ3v) is 7.96. The first-order chi connectivity index (χ1) is 17.4. The number of fused-ring (bicyclic) bond motifs is 16. The molecule has 4 nitrogen and oxygen atoms in total. The molecule has 162 valence electrons. The molecule has 0 atom stereocenters. The number of nitrogens with zero attached hydrogens (tertiary/aromatic N) is 4. The van der Waals surface area contributed by atoms with Gasteiger partial charge in [0.15, 0.2) is 0 Å². The smallest absolute Gasteiger partial charge is 0.148 e. The molecule has 2 aliphatic carbocycles. The molecule has 9 rings (SSSR count). The van der Waals surface area contributed by atoms with E-state index in [1.165, 1.54) is 44.5 Å². The van der Waals surface area contributed by atoms with Crippen LogP contribution in [0.3, 0.4) is 0 Å². The molecule has 4 heterocycles. The molecule has 35 heavy (non-hydrogen) atoms. The van der Waals surface area contributed by atoms with Crippen molar-refractivity contribution in [3.8, 4) is 22.3 Å². The lowest BCUT2D eigenvalue weighted by molar-refractivity contribution is 1.23. The maximum absolute atomic E-state index is 5.33. The summed E-state index contributed by atoms with van der Waals surface area (Å²) < 4.78 is 2.28. The Balaban J connectivity index is 1.45. The van der Waals surface area contributed by atoms with Crippen molar-refractivity contribution in [1.82, 2.24) is 19.4 Å². The molecule has 4 heteroatoms. The molecule has 0 spiro atoms. The van der Waals surface area contributed by atoms with Crippen molar-refractivity contribution in [2.45, 2.75) is 12.8 Å². The van der Waals surface area contributed by atoms with E-state index in [2.05, 4.69) is 70.0 Å². The number of rotatable bonds is 0. The molecule has 0 radical (unpaired) electrons. The Morgan fingerprint density at radius 2 is 1.54 bits per heavy atom. The molecule has 0 saturated carbocycles. The van der Waals surface area contributed by atoms with Gasteiger partial charge in [0.2, 0.25) is 0 Å². The second-order valence-corrected chi connectivity index (χ2v) is 9.67. The molecule has 0 amide bonds. The average molecular weight is 447 g/mol. The van der Waals surface area contributed by atoms with E-state index < -0.39 is 0 Å². The van der Waals surface area contributed by atoms with Gasteiger partial charge in [0, 0.05) is 28.7 Å². The second-order valence-electron chi connectivity index (χ2n) is 9.67. The van der Waals surface area contributed by atoms with Gasteiger partial charge in [0.05, 0.1) is 28.3 Å². The predicted octanol–water partition coefficient (Wildman–Crippen LogP) is 6.73. The maximum Gasteiger partial charge on any atom is 0.148 e. The topological polar surface area (TPSA) is 43.1 Å². The van der Waals surface area contributed by atoms with Crippen LogP contribution < -0.4 is 0 Å². The summed E-state index contributed by atoms with van der Waals surface area (Å²) >= 11 is 0. The summed E-state index contributed by atoms with van der Waals surface area (Å²) in [5.74, 6) is 0. The number of hydrogen-bond acceptors (Lipinski definition) is 3. The van der Waals surface area contributed by atoms with Gasteiger partial charge < -0.3 is 0 Å². The highest BCUT2D eigenvalue weighted by Gasteiger charge is 2.30. The third kappa shape index (κ3) is 2.11. The van der Waals surface area contributed by atoms with E-state index >= 15 is 0 Å². The van der Waals surface area contributed by atoms with Crippen LogP contribution in [0.15, 0.2) is 85.3 Å². The molecule has 2 aliphatic rings. The normalized spacial score (nSPS) is 13.5. The Labute approximate surface area is 200 Å². The van der Waals surface area contributed by atoms with Crippen LogP contribution in [-0.2, 0) is 12.8 Å². The number of hydrogen-bond donors (Lipinski definition) is 0. The number of benzene rings is 3. The maximum atomic E-state index is 5.33. The molecular formula is C31H18N4. The van der Waals surface area contributed by atoms with Gasteiger partial charge in [-0.15, -0.1) is 0 Å². The molecule has 4 aromatic heterocycles. The van der Waals surface area contributed by atoms with Crippen LogP contribution in [0, 0.1) is 0 Å². The van der Waals surface area contributed by atoms with E-state index in [9.17, 15) is 0 Å². The lowest BCUT2D eigenvalue weighted by Crippen LogP contribution is -1.93. The van der Waals surface area contributed by atoms with Crippen LogP contribution in [0.1, 0.15) is 22.3 Å². The van der Waals surface area contributed by atoms with Gasteiger partial charge >= 0.3 is 0 Å². The largest absolute Gasteiger partial charge is 0.290 e. The van der Waals surface area contributed by atoms with Gasteiger partial charge in [0.25, 0.3) is 0 Å². The summed E-state index contributed by atoms with van der Waals surface area (Å²) in [6.07, 6.45) is 7.58. The van der Waals surface area contributed by atoms with Crippen LogP contribution >= 0.6 is 0 Å². The first-order valence-corrected chi connectivity index (χ1v) is 12.0. The summed E-state index contributed by atoms with van der Waals surface area (Å²) in [7, 11) is 0. The zero-order valence-corrected chi connectivity index (χ0v) is 18.8. The van der Waals surface area contributed by atoms with E-state index in [0.29, 0.717) is 0 Å². The highest BCUT2D eigenvalue weighted by Crippen LogP contribution is 2.49. The lowest BCUT2D eigenvalue weighted by Gasteiger charge is -2.10. The zero-order chi connectivity index (χ0) is 22.7. The highest BCUT2D eigenvalue weighted by molar-refractivity contribution is 6.13. The van der Waals surface area contributed by atoms with Gasteiger partial charge in [-0.25, -0.2) is 4.98 Å². The third-order valence-electron chi connectivity index (χ3n) is 7.96. The number of imidazole rings is 1. The van der Waals surface area contributed by atoms with Crippen LogP contribution in [0.4, 0.5) is 0 Å². The Bertz CT molecular complexity index is 2070. The van der Waals surface area contributed by atoms with Crippen LogP contribution in [0.5, 0.6) is 0 Å². The Morgan fingerprint density at radius 3 is 2.54 bits per heavy atom. The second kappa shape index (κ2) is 6.10. The van der Waals surface area contributed by atoms with Crippen LogP contribution in [-0.4, -0.2) is 19.4 Å². The fraction of sp³-hybridized carbons (Fsp3) is 0.0645. The van der Waals surface area contributed by atoms with Crippen LogP contribution in [0.25, 0.3) is 60.7 Å². The van der Waals surface area contributed by atoms with Gasteiger partial charge in [-0.3, -0.25) is 14.4 Å². The first kappa shape index (κ1) is 17.8. The van der Waals surface area contributed by atoms with Crippen molar-refractivity contribution >= 4 is 38.5 Å². The van der Waals surface area contributed by atoms with E-state index in [1.54, 1.807) is 0 Å². The molecule has 0 bridgehead atoms. The van der Waals surface area contributed by atoms with E-state index in [0.717, 1.165) is 51.3 Å². The van der Waals surface area contributed by atoms with Crippen molar-refractivity contribution in [2.24, 2.45) is 0 Å². The minimum Gasteiger partial charge on any atom is -0.290 e. The average Bonchev–Trinajstić information content (AvgIpc) is 3.59. The Kier molecular flexibility index (Phi) is 3.11. The predicted molar refractivity (Wildman–Crippen MR) is 140 cm³/mol. The summed E-state index contributed by atoms with van der Waals surface area (Å²) in [6, 6.07) is 24.2. The standard InChI is InChI=1S/C31H18N4/c1-2-5-20-17(4-1)15-24-21(20)9-7-18-14-19-8-10-25-30(28(19)27(18)24)34-31-23-6-3-12-33-29(23)22-11-13-32-16-26(22)35(25)31/h1-13,16H,14-15H2. The molecular weight excluding hydrogens is 428 g/mol. The van der Waals surface area contributed by atoms with E-state index in [4.69, 9.17) is 9.97 Å². The quantitative estimate of drug-likeness (QED) is 0.243. The van der Waals surface area contributed by atoms with Crippen molar-refractivity contribution in [3.63, 3.8) is 0 Å². The fourth-order valence-corrected chi connectivity index (χ4v) is 6.53. The number of aromatic nitrogens is 4. The van der Waals surface area contributed by atoms with E-state index in [1.807, 2.05) is 24.7 Å². The van der Waals surface area contributed by atoms with Gasteiger partial charge in [-0.05, 0) is 76.1 Å². The first-order valence-electron chi connectivity index (χ1n) is 12.0. The molecule has 7 aromatic rings. The summed E-state index contributed by atoms with van der Waals surface area (Å²) in [5.41, 5.74) is 16.3. The SMILES string of the molecule is c1ccc2c(c1)Cc1c-2ccc2c1-c1c(ccc3c1nc1c4cccnc4c4ccncc4n31)C2. The minimum atomic E-state index is 0.946. The molecule has 0 saturated heterocycles. The molecule has 0 N–H and O–H groups in total. The van der Waals surface area contributed by atoms with Gasteiger partial charge in [-0.2, -0.15) is 0 Å². The Morgan fingerprint density at radius 1 is 0.629 bits per heavy atom. The molecule has 3 aromatic carbocycles. The van der Waals surface area contributed by atoms with E-state index in [-0.39, 0.29) is 0 Å². The van der Waals surface area contributed by atoms with Crippen molar-refractivity contribution in [3.05, 3.63) is 108 Å². The van der Waals surface area contributed by atoms with Crippen molar-refractivity contribution in [2.75, 3.05) is 0 Å². The summed E-state index contributed by atoms with van der Waals surface area (Å²) in [4.78, 5) is 14.5. The lowest BCUT2D eigenvalue weighted by atomic mass is 9.94.